The van der Waals surface area contributed by atoms with Crippen LogP contribution in [0.2, 0.25) is 0 Å². The lowest BCUT2D eigenvalue weighted by Gasteiger charge is -2.24. The predicted molar refractivity (Wildman–Crippen MR) is 103 cm³/mol. The molecule has 0 aliphatic rings. The number of likely N-dealkylation sites (N-methyl/N-ethyl adjacent to an activating group) is 1. The van der Waals surface area contributed by atoms with E-state index in [4.69, 9.17) is 19.7 Å². The summed E-state index contributed by atoms with van der Waals surface area (Å²) in [6.45, 7) is 0.143. The van der Waals surface area contributed by atoms with Crippen molar-refractivity contribution >= 4 is 5.91 Å². The number of nitrogens with two attached hydrogens (primary N) is 1. The van der Waals surface area contributed by atoms with Gasteiger partial charge in [-0.2, -0.15) is 4.98 Å². The molecule has 9 heteroatoms. The summed E-state index contributed by atoms with van der Waals surface area (Å²) >= 11 is 0. The third-order valence-corrected chi connectivity index (χ3v) is 4.37. The molecule has 29 heavy (non-hydrogen) atoms. The average Bonchev–Trinajstić information content (AvgIpc) is 3.15. The summed E-state index contributed by atoms with van der Waals surface area (Å²) < 4.78 is 29.4. The van der Waals surface area contributed by atoms with E-state index < -0.39 is 17.8 Å². The monoisotopic (exact) mass is 400 g/mol. The molecule has 0 spiro atoms. The van der Waals surface area contributed by atoms with Gasteiger partial charge in [0.05, 0.1) is 20.8 Å². The molecular formula is C20H21FN4O4. The molecule has 3 rings (SSSR count). The fourth-order valence-corrected chi connectivity index (χ4v) is 3.03. The van der Waals surface area contributed by atoms with Crippen molar-refractivity contribution in [1.29, 1.82) is 0 Å². The minimum absolute atomic E-state index is 0.143. The van der Waals surface area contributed by atoms with E-state index in [0.29, 0.717) is 28.5 Å². The van der Waals surface area contributed by atoms with Crippen molar-refractivity contribution in [2.24, 2.45) is 5.73 Å². The van der Waals surface area contributed by atoms with Crippen LogP contribution in [0.25, 0.3) is 11.4 Å². The van der Waals surface area contributed by atoms with Gasteiger partial charge in [-0.05, 0) is 42.9 Å². The highest BCUT2D eigenvalue weighted by Crippen LogP contribution is 2.31. The summed E-state index contributed by atoms with van der Waals surface area (Å²) in [5, 5.41) is 3.98. The van der Waals surface area contributed by atoms with Gasteiger partial charge < -0.3 is 19.7 Å². The summed E-state index contributed by atoms with van der Waals surface area (Å²) in [4.78, 5) is 17.9. The van der Waals surface area contributed by atoms with Crippen molar-refractivity contribution in [3.63, 3.8) is 0 Å². The molecule has 1 unspecified atom stereocenters. The number of amides is 1. The number of halogens is 1. The van der Waals surface area contributed by atoms with Gasteiger partial charge in [0.1, 0.15) is 11.9 Å². The van der Waals surface area contributed by atoms with E-state index in [1.54, 1.807) is 43.3 Å². The van der Waals surface area contributed by atoms with E-state index in [9.17, 15) is 9.18 Å². The van der Waals surface area contributed by atoms with Crippen molar-refractivity contribution in [3.05, 3.63) is 59.7 Å². The molecule has 1 aromatic heterocycles. The zero-order valence-electron chi connectivity index (χ0n) is 16.3. The Hall–Kier alpha value is -3.46. The number of carbonyl (C=O) groups excluding carboxylic acids is 1. The van der Waals surface area contributed by atoms with Crippen molar-refractivity contribution in [3.8, 4) is 22.9 Å². The number of ether oxygens (including phenoxy) is 2. The van der Waals surface area contributed by atoms with Crippen LogP contribution in [0.1, 0.15) is 17.5 Å². The number of aromatic nitrogens is 2. The van der Waals surface area contributed by atoms with Gasteiger partial charge in [0.25, 0.3) is 0 Å². The number of primary amides is 1. The molecule has 0 fully saturated rings. The molecule has 1 atom stereocenters. The van der Waals surface area contributed by atoms with Gasteiger partial charge in [0, 0.05) is 5.56 Å². The average molecular weight is 400 g/mol. The Bertz CT molecular complexity index is 1010. The van der Waals surface area contributed by atoms with Crippen LogP contribution < -0.4 is 15.2 Å². The van der Waals surface area contributed by atoms with E-state index in [-0.39, 0.29) is 12.4 Å². The molecule has 0 saturated carbocycles. The number of methoxy groups -OCH3 is 2. The zero-order chi connectivity index (χ0) is 21.0. The highest BCUT2D eigenvalue weighted by Gasteiger charge is 2.25. The Morgan fingerprint density at radius 2 is 1.97 bits per heavy atom. The summed E-state index contributed by atoms with van der Waals surface area (Å²) in [6, 6.07) is 10.1. The van der Waals surface area contributed by atoms with E-state index >= 15 is 0 Å². The predicted octanol–water partition coefficient (Wildman–Crippen LogP) is 2.55. The first-order chi connectivity index (χ1) is 13.9. The first-order valence-corrected chi connectivity index (χ1v) is 8.73. The Kier molecular flexibility index (Phi) is 6.08. The number of hydrogen-bond donors (Lipinski definition) is 1. The van der Waals surface area contributed by atoms with Crippen LogP contribution in [0.3, 0.4) is 0 Å². The molecule has 0 bridgehead atoms. The van der Waals surface area contributed by atoms with Crippen molar-refractivity contribution in [2.75, 3.05) is 21.3 Å². The largest absolute Gasteiger partial charge is 0.493 e. The van der Waals surface area contributed by atoms with Gasteiger partial charge in [0.2, 0.25) is 17.6 Å². The quantitative estimate of drug-likeness (QED) is 0.620. The van der Waals surface area contributed by atoms with Gasteiger partial charge >= 0.3 is 0 Å². The maximum absolute atomic E-state index is 13.6. The second kappa shape index (κ2) is 8.70. The van der Waals surface area contributed by atoms with Crippen molar-refractivity contribution < 1.29 is 23.2 Å². The third-order valence-electron chi connectivity index (χ3n) is 4.37. The van der Waals surface area contributed by atoms with Gasteiger partial charge in [0.15, 0.2) is 11.5 Å². The molecule has 1 heterocycles. The fraction of sp³-hybridized carbons (Fsp3) is 0.250. The van der Waals surface area contributed by atoms with Gasteiger partial charge in [-0.15, -0.1) is 0 Å². The zero-order valence-corrected chi connectivity index (χ0v) is 16.3. The van der Waals surface area contributed by atoms with Gasteiger partial charge in [-0.1, -0.05) is 17.3 Å². The summed E-state index contributed by atoms with van der Waals surface area (Å²) in [5.74, 6) is 0.691. The summed E-state index contributed by atoms with van der Waals surface area (Å²) in [5.41, 5.74) is 6.66. The first-order valence-electron chi connectivity index (χ1n) is 8.73. The first kappa shape index (κ1) is 20.3. The van der Waals surface area contributed by atoms with Crippen molar-refractivity contribution in [2.45, 2.75) is 12.6 Å². The number of rotatable bonds is 8. The molecule has 0 aliphatic carbocycles. The minimum atomic E-state index is -0.845. The van der Waals surface area contributed by atoms with Crippen LogP contribution in [0.5, 0.6) is 11.5 Å². The normalized spacial score (nSPS) is 12.0. The number of hydrogen-bond acceptors (Lipinski definition) is 7. The lowest BCUT2D eigenvalue weighted by molar-refractivity contribution is -0.123. The van der Waals surface area contributed by atoms with E-state index in [2.05, 4.69) is 10.1 Å². The fourth-order valence-electron chi connectivity index (χ4n) is 3.03. The van der Waals surface area contributed by atoms with E-state index in [0.717, 1.165) is 0 Å². The second-order valence-corrected chi connectivity index (χ2v) is 6.36. The number of benzene rings is 2. The Morgan fingerprint density at radius 3 is 2.62 bits per heavy atom. The van der Waals surface area contributed by atoms with Gasteiger partial charge in [-0.3, -0.25) is 9.69 Å². The molecule has 152 valence electrons. The molecule has 2 aromatic carbocycles. The highest BCUT2D eigenvalue weighted by molar-refractivity contribution is 5.81. The minimum Gasteiger partial charge on any atom is -0.493 e. The lowest BCUT2D eigenvalue weighted by atomic mass is 10.0. The Balaban J connectivity index is 1.81. The maximum Gasteiger partial charge on any atom is 0.241 e. The van der Waals surface area contributed by atoms with Crippen molar-refractivity contribution in [1.82, 2.24) is 15.0 Å². The summed E-state index contributed by atoms with van der Waals surface area (Å²) in [7, 11) is 4.75. The SMILES string of the molecule is COc1ccc(-c2noc(CN(C)C(C(N)=O)c3cccc(F)c3)n2)cc1OC. The molecular weight excluding hydrogens is 379 g/mol. The lowest BCUT2D eigenvalue weighted by Crippen LogP contribution is -2.35. The maximum atomic E-state index is 13.6. The van der Waals surface area contributed by atoms with E-state index in [1.165, 1.54) is 25.3 Å². The Morgan fingerprint density at radius 1 is 1.21 bits per heavy atom. The summed E-state index contributed by atoms with van der Waals surface area (Å²) in [6.07, 6.45) is 0. The van der Waals surface area contributed by atoms with Crippen LogP contribution in [0, 0.1) is 5.82 Å². The van der Waals surface area contributed by atoms with Gasteiger partial charge in [-0.25, -0.2) is 4.39 Å². The van der Waals surface area contributed by atoms with Crippen LogP contribution in [0.4, 0.5) is 4.39 Å². The van der Waals surface area contributed by atoms with Crippen LogP contribution in [-0.2, 0) is 11.3 Å². The Labute approximate surface area is 167 Å². The van der Waals surface area contributed by atoms with Crippen LogP contribution in [0.15, 0.2) is 47.0 Å². The third kappa shape index (κ3) is 4.52. The van der Waals surface area contributed by atoms with Crippen LogP contribution in [-0.4, -0.2) is 42.2 Å². The molecule has 8 nitrogen and oxygen atoms in total. The van der Waals surface area contributed by atoms with E-state index in [1.807, 2.05) is 0 Å². The smallest absolute Gasteiger partial charge is 0.241 e. The molecule has 0 radical (unpaired) electrons. The van der Waals surface area contributed by atoms with Crippen LogP contribution >= 0.6 is 0 Å². The molecule has 1 amide bonds. The number of nitrogens with zero attached hydrogens (tertiary/aromatic N) is 3. The molecule has 0 saturated heterocycles. The number of carbonyl (C=O) groups is 1. The topological polar surface area (TPSA) is 104 Å². The molecule has 3 aromatic rings. The molecule has 0 aliphatic heterocycles. The molecule has 2 N–H and O–H groups in total. The second-order valence-electron chi connectivity index (χ2n) is 6.36. The standard InChI is InChI=1S/C20H21FN4O4/c1-25(18(19(22)26)12-5-4-6-14(21)9-12)11-17-23-20(24-29-17)13-7-8-15(27-2)16(10-13)28-3/h4-10,18H,11H2,1-3H3,(H2,22,26). The highest BCUT2D eigenvalue weighted by atomic mass is 19.1.